The van der Waals surface area contributed by atoms with Crippen molar-refractivity contribution in [3.8, 4) is 0 Å². The van der Waals surface area contributed by atoms with Gasteiger partial charge in [-0.2, -0.15) is 0 Å². The number of benzene rings is 1. The number of ether oxygens (including phenoxy) is 1. The fraction of sp³-hybridized carbons (Fsp3) is 0.385. The minimum Gasteiger partial charge on any atom is -0.445 e. The van der Waals surface area contributed by atoms with E-state index >= 15 is 0 Å². The largest absolute Gasteiger partial charge is 0.445 e. The van der Waals surface area contributed by atoms with Gasteiger partial charge in [0.25, 0.3) is 0 Å². The van der Waals surface area contributed by atoms with Crippen molar-refractivity contribution in [2.45, 2.75) is 32.4 Å². The number of carbonyl (C=O) groups excluding carboxylic acids is 2. The highest BCUT2D eigenvalue weighted by Gasteiger charge is 2.31. The van der Waals surface area contributed by atoms with Gasteiger partial charge >= 0.3 is 6.09 Å². The van der Waals surface area contributed by atoms with E-state index in [1.165, 1.54) is 0 Å². The number of rotatable bonds is 5. The molecule has 0 saturated carbocycles. The van der Waals surface area contributed by atoms with Crippen molar-refractivity contribution < 1.29 is 14.3 Å². The number of hydrogen-bond donors (Lipinski definition) is 2. The van der Waals surface area contributed by atoms with E-state index in [4.69, 9.17) is 10.5 Å². The fourth-order valence-electron chi connectivity index (χ4n) is 1.31. The molecular weight excluding hydrogens is 232 g/mol. The first kappa shape index (κ1) is 14.0. The molecule has 0 spiro atoms. The van der Waals surface area contributed by atoms with Gasteiger partial charge < -0.3 is 15.8 Å². The van der Waals surface area contributed by atoms with E-state index in [1.54, 1.807) is 13.8 Å². The molecular formula is C13H18N2O3. The van der Waals surface area contributed by atoms with Gasteiger partial charge in [-0.3, -0.25) is 4.79 Å². The summed E-state index contributed by atoms with van der Waals surface area (Å²) in [6.45, 7) is 3.49. The second-order valence-electron chi connectivity index (χ2n) is 4.24. The molecule has 0 radical (unpaired) electrons. The summed E-state index contributed by atoms with van der Waals surface area (Å²) in [6, 6.07) is 9.29. The highest BCUT2D eigenvalue weighted by Crippen LogP contribution is 2.09. The monoisotopic (exact) mass is 250 g/mol. The molecule has 0 bridgehead atoms. The maximum absolute atomic E-state index is 11.6. The number of hydrogen-bond acceptors (Lipinski definition) is 3. The van der Waals surface area contributed by atoms with E-state index in [0.29, 0.717) is 6.42 Å². The maximum Gasteiger partial charge on any atom is 0.408 e. The summed E-state index contributed by atoms with van der Waals surface area (Å²) in [5, 5.41) is 2.48. The first-order valence-corrected chi connectivity index (χ1v) is 5.76. The zero-order valence-corrected chi connectivity index (χ0v) is 10.6. The summed E-state index contributed by atoms with van der Waals surface area (Å²) < 4.78 is 5.02. The second kappa shape index (κ2) is 6.05. The molecule has 0 aliphatic rings. The van der Waals surface area contributed by atoms with Crippen molar-refractivity contribution in [2.24, 2.45) is 5.73 Å². The van der Waals surface area contributed by atoms with Crippen LogP contribution in [0.5, 0.6) is 0 Å². The van der Waals surface area contributed by atoms with Crippen LogP contribution < -0.4 is 11.1 Å². The molecule has 5 nitrogen and oxygen atoms in total. The van der Waals surface area contributed by atoms with Gasteiger partial charge in [-0.1, -0.05) is 37.3 Å². The molecule has 0 aliphatic heterocycles. The van der Waals surface area contributed by atoms with Crippen molar-refractivity contribution in [2.75, 3.05) is 0 Å². The Morgan fingerprint density at radius 3 is 2.44 bits per heavy atom. The Labute approximate surface area is 106 Å². The normalized spacial score (nSPS) is 13.4. The number of nitrogens with two attached hydrogens (primary N) is 1. The third-order valence-corrected chi connectivity index (χ3v) is 2.84. The molecule has 0 saturated heterocycles. The molecule has 1 aromatic carbocycles. The lowest BCUT2D eigenvalue weighted by Crippen LogP contribution is -2.54. The molecule has 1 unspecified atom stereocenters. The predicted octanol–water partition coefficient (Wildman–Crippen LogP) is 1.57. The van der Waals surface area contributed by atoms with Gasteiger partial charge in [0.05, 0.1) is 0 Å². The Bertz CT molecular complexity index is 420. The number of primary amides is 1. The smallest absolute Gasteiger partial charge is 0.408 e. The van der Waals surface area contributed by atoms with E-state index in [1.807, 2.05) is 30.3 Å². The van der Waals surface area contributed by atoms with Crippen LogP contribution >= 0.6 is 0 Å². The van der Waals surface area contributed by atoms with Gasteiger partial charge in [-0.15, -0.1) is 0 Å². The summed E-state index contributed by atoms with van der Waals surface area (Å²) in [4.78, 5) is 22.8. The molecule has 5 heteroatoms. The summed E-state index contributed by atoms with van der Waals surface area (Å²) >= 11 is 0. The Balaban J connectivity index is 2.49. The van der Waals surface area contributed by atoms with Crippen LogP contribution in [0.15, 0.2) is 30.3 Å². The minimum atomic E-state index is -1.08. The molecule has 18 heavy (non-hydrogen) atoms. The lowest BCUT2D eigenvalue weighted by Gasteiger charge is -2.25. The van der Waals surface area contributed by atoms with E-state index in [9.17, 15) is 9.59 Å². The van der Waals surface area contributed by atoms with Crippen LogP contribution in [0.3, 0.4) is 0 Å². The third kappa shape index (κ3) is 3.76. The van der Waals surface area contributed by atoms with Crippen molar-refractivity contribution in [1.82, 2.24) is 5.32 Å². The first-order chi connectivity index (χ1) is 8.48. The maximum atomic E-state index is 11.6. The van der Waals surface area contributed by atoms with Crippen LogP contribution in [0.1, 0.15) is 25.8 Å². The Morgan fingerprint density at radius 1 is 1.33 bits per heavy atom. The molecule has 0 fully saturated rings. The molecule has 0 aromatic heterocycles. The molecule has 2 amide bonds. The van der Waals surface area contributed by atoms with Gasteiger partial charge in [0.15, 0.2) is 0 Å². The van der Waals surface area contributed by atoms with Crippen molar-refractivity contribution in [1.29, 1.82) is 0 Å². The van der Waals surface area contributed by atoms with Gasteiger partial charge in [0.1, 0.15) is 12.1 Å². The number of amides is 2. The molecule has 1 aromatic rings. The Morgan fingerprint density at radius 2 is 1.94 bits per heavy atom. The van der Waals surface area contributed by atoms with Gasteiger partial charge in [0, 0.05) is 0 Å². The second-order valence-corrected chi connectivity index (χ2v) is 4.24. The molecule has 1 rings (SSSR count). The van der Waals surface area contributed by atoms with Gasteiger partial charge in [-0.25, -0.2) is 4.79 Å². The molecule has 3 N–H and O–H groups in total. The Hall–Kier alpha value is -2.04. The quantitative estimate of drug-likeness (QED) is 0.832. The Kier molecular flexibility index (Phi) is 4.71. The SMILES string of the molecule is CCC(C)(NC(=O)OCc1ccccc1)C(N)=O. The minimum absolute atomic E-state index is 0.158. The lowest BCUT2D eigenvalue weighted by molar-refractivity contribution is -0.123. The summed E-state index contributed by atoms with van der Waals surface area (Å²) in [7, 11) is 0. The zero-order chi connectivity index (χ0) is 13.6. The molecule has 0 aliphatic carbocycles. The van der Waals surface area contributed by atoms with Crippen molar-refractivity contribution in [3.63, 3.8) is 0 Å². The highest BCUT2D eigenvalue weighted by atomic mass is 16.5. The average Bonchev–Trinajstić information content (AvgIpc) is 2.37. The highest BCUT2D eigenvalue weighted by molar-refractivity contribution is 5.88. The fourth-order valence-corrected chi connectivity index (χ4v) is 1.31. The van der Waals surface area contributed by atoms with Gasteiger partial charge in [0.2, 0.25) is 5.91 Å². The summed E-state index contributed by atoms with van der Waals surface area (Å²) in [5.74, 6) is -0.582. The van der Waals surface area contributed by atoms with Crippen LogP contribution in [-0.2, 0) is 16.1 Å². The number of nitrogens with one attached hydrogen (secondary N) is 1. The first-order valence-electron chi connectivity index (χ1n) is 5.76. The van der Waals surface area contributed by atoms with Crippen LogP contribution in [0.2, 0.25) is 0 Å². The molecule has 0 heterocycles. The van der Waals surface area contributed by atoms with E-state index in [0.717, 1.165) is 5.56 Å². The van der Waals surface area contributed by atoms with E-state index in [2.05, 4.69) is 5.32 Å². The van der Waals surface area contributed by atoms with Crippen LogP contribution in [-0.4, -0.2) is 17.5 Å². The van der Waals surface area contributed by atoms with E-state index in [-0.39, 0.29) is 6.61 Å². The molecule has 1 atom stereocenters. The van der Waals surface area contributed by atoms with Crippen LogP contribution in [0.25, 0.3) is 0 Å². The number of carbonyl (C=O) groups is 2. The third-order valence-electron chi connectivity index (χ3n) is 2.84. The van der Waals surface area contributed by atoms with Crippen molar-refractivity contribution in [3.05, 3.63) is 35.9 Å². The predicted molar refractivity (Wildman–Crippen MR) is 67.7 cm³/mol. The topological polar surface area (TPSA) is 81.4 Å². The lowest BCUT2D eigenvalue weighted by atomic mass is 9.99. The summed E-state index contributed by atoms with van der Waals surface area (Å²) in [5.41, 5.74) is 5.03. The molecule has 98 valence electrons. The standard InChI is InChI=1S/C13H18N2O3/c1-3-13(2,11(14)16)15-12(17)18-9-10-7-5-4-6-8-10/h4-8H,3,9H2,1-2H3,(H2,14,16)(H,15,17). The zero-order valence-electron chi connectivity index (χ0n) is 10.6. The number of alkyl carbamates (subject to hydrolysis) is 1. The van der Waals surface area contributed by atoms with Crippen LogP contribution in [0, 0.1) is 0 Å². The van der Waals surface area contributed by atoms with E-state index < -0.39 is 17.5 Å². The van der Waals surface area contributed by atoms with Crippen LogP contribution in [0.4, 0.5) is 4.79 Å². The van der Waals surface area contributed by atoms with Gasteiger partial charge in [-0.05, 0) is 18.9 Å². The van der Waals surface area contributed by atoms with Crippen molar-refractivity contribution >= 4 is 12.0 Å². The summed E-state index contributed by atoms with van der Waals surface area (Å²) in [6.07, 6.45) is -0.245. The average molecular weight is 250 g/mol.